The molecule has 0 unspecified atom stereocenters. The SMILES string of the molecule is O=C(CSC(=S)N1CCOCC1)N1N=C(c2cccs2)C[C@@H]1c1ccc(Cl)cc1. The summed E-state index contributed by atoms with van der Waals surface area (Å²) in [7, 11) is 0. The van der Waals surface area contributed by atoms with Gasteiger partial charge in [-0.2, -0.15) is 5.10 Å². The molecule has 0 saturated carbocycles. The van der Waals surface area contributed by atoms with Crippen LogP contribution in [0, 0.1) is 0 Å². The van der Waals surface area contributed by atoms with Gasteiger partial charge in [-0.05, 0) is 29.1 Å². The number of morpholine rings is 1. The predicted molar refractivity (Wildman–Crippen MR) is 124 cm³/mol. The summed E-state index contributed by atoms with van der Waals surface area (Å²) in [5.41, 5.74) is 1.97. The molecule has 1 saturated heterocycles. The van der Waals surface area contributed by atoms with Crippen molar-refractivity contribution in [3.8, 4) is 0 Å². The van der Waals surface area contributed by atoms with E-state index in [1.165, 1.54) is 11.8 Å². The van der Waals surface area contributed by atoms with Crippen LogP contribution in [0.2, 0.25) is 5.02 Å². The number of thioether (sulfide) groups is 1. The molecule has 2 aliphatic heterocycles. The van der Waals surface area contributed by atoms with Crippen LogP contribution in [0.1, 0.15) is 22.9 Å². The largest absolute Gasteiger partial charge is 0.378 e. The Balaban J connectivity index is 1.48. The molecule has 1 fully saturated rings. The highest BCUT2D eigenvalue weighted by Gasteiger charge is 2.33. The van der Waals surface area contributed by atoms with Crippen molar-refractivity contribution in [2.45, 2.75) is 12.5 Å². The predicted octanol–water partition coefficient (Wildman–Crippen LogP) is 4.43. The summed E-state index contributed by atoms with van der Waals surface area (Å²) in [4.78, 5) is 16.3. The molecular formula is C20H20ClN3O2S3. The van der Waals surface area contributed by atoms with Gasteiger partial charge >= 0.3 is 0 Å². The van der Waals surface area contributed by atoms with Crippen LogP contribution in [0.15, 0.2) is 46.9 Å². The zero-order chi connectivity index (χ0) is 20.2. The highest BCUT2D eigenvalue weighted by Crippen LogP contribution is 2.34. The Hall–Kier alpha value is -1.45. The van der Waals surface area contributed by atoms with Crippen molar-refractivity contribution in [3.05, 3.63) is 57.2 Å². The van der Waals surface area contributed by atoms with Gasteiger partial charge in [0.2, 0.25) is 0 Å². The van der Waals surface area contributed by atoms with E-state index in [0.717, 1.165) is 33.6 Å². The van der Waals surface area contributed by atoms with E-state index in [1.807, 2.05) is 41.8 Å². The minimum absolute atomic E-state index is 0.0443. The summed E-state index contributed by atoms with van der Waals surface area (Å²) < 4.78 is 6.11. The monoisotopic (exact) mass is 465 g/mol. The first-order valence-corrected chi connectivity index (χ1v) is 12.0. The lowest BCUT2D eigenvalue weighted by Crippen LogP contribution is -2.39. The van der Waals surface area contributed by atoms with Crippen molar-refractivity contribution in [1.82, 2.24) is 9.91 Å². The molecule has 0 N–H and O–H groups in total. The van der Waals surface area contributed by atoms with Crippen LogP contribution in [-0.4, -0.2) is 57.9 Å². The first-order chi connectivity index (χ1) is 14.1. The molecule has 0 aliphatic carbocycles. The van der Waals surface area contributed by atoms with Gasteiger partial charge in [0.05, 0.1) is 35.6 Å². The van der Waals surface area contributed by atoms with Gasteiger partial charge in [-0.3, -0.25) is 4.79 Å². The Kier molecular flexibility index (Phi) is 6.87. The minimum Gasteiger partial charge on any atom is -0.378 e. The van der Waals surface area contributed by atoms with E-state index in [4.69, 9.17) is 28.6 Å². The lowest BCUT2D eigenvalue weighted by atomic mass is 10.0. The fraction of sp³-hybridized carbons (Fsp3) is 0.350. The summed E-state index contributed by atoms with van der Waals surface area (Å²) >= 11 is 14.6. The summed E-state index contributed by atoms with van der Waals surface area (Å²) in [6.07, 6.45) is 0.687. The molecule has 1 aromatic carbocycles. The van der Waals surface area contributed by atoms with Crippen LogP contribution in [-0.2, 0) is 9.53 Å². The number of ether oxygens (including phenoxy) is 1. The molecule has 5 nitrogen and oxygen atoms in total. The second-order valence-corrected chi connectivity index (χ2v) is 9.68. The van der Waals surface area contributed by atoms with Gasteiger partial charge in [0, 0.05) is 24.5 Å². The van der Waals surface area contributed by atoms with E-state index in [0.29, 0.717) is 24.7 Å². The number of carbonyl (C=O) groups is 1. The van der Waals surface area contributed by atoms with Gasteiger partial charge in [-0.15, -0.1) is 11.3 Å². The topological polar surface area (TPSA) is 45.1 Å². The number of hydrazone groups is 1. The number of thiophene rings is 1. The molecule has 1 amide bonds. The summed E-state index contributed by atoms with van der Waals surface area (Å²) in [5.74, 6) is 0.221. The molecule has 3 heterocycles. The van der Waals surface area contributed by atoms with Crippen molar-refractivity contribution in [3.63, 3.8) is 0 Å². The number of hydrogen-bond acceptors (Lipinski definition) is 6. The number of rotatable bonds is 4. The molecule has 29 heavy (non-hydrogen) atoms. The van der Waals surface area contributed by atoms with Gasteiger partial charge in [0.1, 0.15) is 4.32 Å². The third-order valence-electron chi connectivity index (χ3n) is 4.81. The van der Waals surface area contributed by atoms with Gasteiger partial charge in [-0.25, -0.2) is 5.01 Å². The maximum Gasteiger partial charge on any atom is 0.253 e. The van der Waals surface area contributed by atoms with Gasteiger partial charge in [-0.1, -0.05) is 53.8 Å². The van der Waals surface area contributed by atoms with E-state index in [-0.39, 0.29) is 17.7 Å². The van der Waals surface area contributed by atoms with Crippen molar-refractivity contribution in [1.29, 1.82) is 0 Å². The van der Waals surface area contributed by atoms with Gasteiger partial charge in [0.15, 0.2) is 0 Å². The third kappa shape index (κ3) is 5.00. The molecule has 4 rings (SSSR count). The van der Waals surface area contributed by atoms with Crippen LogP contribution < -0.4 is 0 Å². The van der Waals surface area contributed by atoms with E-state index in [1.54, 1.807) is 16.3 Å². The fourth-order valence-electron chi connectivity index (χ4n) is 3.30. The first-order valence-electron chi connectivity index (χ1n) is 9.30. The molecule has 1 aromatic heterocycles. The van der Waals surface area contributed by atoms with Gasteiger partial charge < -0.3 is 9.64 Å². The molecule has 2 aliphatic rings. The molecule has 1 atom stereocenters. The normalized spacial score (nSPS) is 19.3. The third-order valence-corrected chi connectivity index (χ3v) is 7.49. The second kappa shape index (κ2) is 9.57. The molecule has 0 spiro atoms. The maximum absolute atomic E-state index is 13.1. The smallest absolute Gasteiger partial charge is 0.253 e. The highest BCUT2D eigenvalue weighted by atomic mass is 35.5. The zero-order valence-electron chi connectivity index (χ0n) is 15.6. The van der Waals surface area contributed by atoms with Crippen LogP contribution in [0.5, 0.6) is 0 Å². The highest BCUT2D eigenvalue weighted by molar-refractivity contribution is 8.23. The Bertz CT molecular complexity index is 896. The van der Waals surface area contributed by atoms with Crippen molar-refractivity contribution >= 4 is 62.9 Å². The average molecular weight is 466 g/mol. The van der Waals surface area contributed by atoms with Crippen LogP contribution in [0.25, 0.3) is 0 Å². The number of carbonyl (C=O) groups excluding carboxylic acids is 1. The maximum atomic E-state index is 13.1. The van der Waals surface area contributed by atoms with E-state index >= 15 is 0 Å². The number of thiocarbonyl (C=S) groups is 1. The van der Waals surface area contributed by atoms with Crippen molar-refractivity contribution < 1.29 is 9.53 Å². The van der Waals surface area contributed by atoms with Crippen LogP contribution in [0.3, 0.4) is 0 Å². The number of nitrogens with zero attached hydrogens (tertiary/aromatic N) is 3. The zero-order valence-corrected chi connectivity index (χ0v) is 18.8. The Morgan fingerprint density at radius 2 is 2.03 bits per heavy atom. The van der Waals surface area contributed by atoms with Crippen LogP contribution >= 0.6 is 46.9 Å². The average Bonchev–Trinajstić information content (AvgIpc) is 3.43. The minimum atomic E-state index is -0.130. The first kappa shape index (κ1) is 20.8. The Morgan fingerprint density at radius 1 is 1.28 bits per heavy atom. The Labute approximate surface area is 188 Å². The molecule has 0 radical (unpaired) electrons. The summed E-state index contributed by atoms with van der Waals surface area (Å²) in [6.45, 7) is 2.90. The molecule has 0 bridgehead atoms. The second-order valence-electron chi connectivity index (χ2n) is 6.69. The summed E-state index contributed by atoms with van der Waals surface area (Å²) in [6, 6.07) is 11.5. The molecular weight excluding hydrogens is 446 g/mol. The number of benzene rings is 1. The standard InChI is InChI=1S/C20H20ClN3O2S3/c21-15-5-3-14(4-6-15)17-12-16(18-2-1-11-28-18)22-24(17)19(25)13-29-20(27)23-7-9-26-10-8-23/h1-6,11,17H,7-10,12-13H2/t17-/m1/s1. The molecule has 152 valence electrons. The lowest BCUT2D eigenvalue weighted by Gasteiger charge is -2.29. The van der Waals surface area contributed by atoms with Crippen molar-refractivity contribution in [2.75, 3.05) is 32.1 Å². The number of amides is 1. The lowest BCUT2D eigenvalue weighted by molar-refractivity contribution is -0.130. The Morgan fingerprint density at radius 3 is 2.72 bits per heavy atom. The van der Waals surface area contributed by atoms with E-state index < -0.39 is 0 Å². The van der Waals surface area contributed by atoms with Crippen molar-refractivity contribution in [2.24, 2.45) is 5.10 Å². The fourth-order valence-corrected chi connectivity index (χ4v) is 5.25. The molecule has 2 aromatic rings. The van der Waals surface area contributed by atoms with E-state index in [9.17, 15) is 4.79 Å². The number of halogens is 1. The number of hydrogen-bond donors (Lipinski definition) is 0. The van der Waals surface area contributed by atoms with E-state index in [2.05, 4.69) is 10.0 Å². The quantitative estimate of drug-likeness (QED) is 0.625. The van der Waals surface area contributed by atoms with Gasteiger partial charge in [0.25, 0.3) is 5.91 Å². The van der Waals surface area contributed by atoms with Crippen LogP contribution in [0.4, 0.5) is 0 Å². The summed E-state index contributed by atoms with van der Waals surface area (Å²) in [5, 5.41) is 9.01. The molecule has 9 heteroatoms.